The van der Waals surface area contributed by atoms with Crippen LogP contribution in [-0.4, -0.2) is 30.0 Å². The van der Waals surface area contributed by atoms with E-state index in [1.54, 1.807) is 0 Å². The highest BCUT2D eigenvalue weighted by atomic mass is 16.5. The molecule has 2 aromatic rings. The topological polar surface area (TPSA) is 49.9 Å². The molecule has 0 unspecified atom stereocenters. The third-order valence-corrected chi connectivity index (χ3v) is 3.35. The second-order valence-corrected chi connectivity index (χ2v) is 4.95. The summed E-state index contributed by atoms with van der Waals surface area (Å²) in [4.78, 5) is 0. The molecule has 1 heterocycles. The Morgan fingerprint density at radius 3 is 3.22 bits per heavy atom. The van der Waals surface area contributed by atoms with Crippen molar-refractivity contribution in [3.05, 3.63) is 30.0 Å². The van der Waals surface area contributed by atoms with Crippen molar-refractivity contribution < 1.29 is 4.74 Å². The minimum Gasteiger partial charge on any atom is -0.380 e. The Morgan fingerprint density at radius 2 is 2.33 bits per heavy atom. The number of benzene rings is 1. The maximum Gasteiger partial charge on any atom is 0.0695 e. The van der Waals surface area contributed by atoms with E-state index in [0.717, 1.165) is 37.7 Å². The molecular weight excluding hydrogens is 226 g/mol. The van der Waals surface area contributed by atoms with E-state index in [4.69, 9.17) is 4.74 Å². The molecule has 0 aliphatic heterocycles. The lowest BCUT2D eigenvalue weighted by Gasteiger charge is -2.06. The van der Waals surface area contributed by atoms with E-state index in [9.17, 15) is 0 Å². The van der Waals surface area contributed by atoms with Crippen molar-refractivity contribution >= 4 is 10.9 Å². The highest BCUT2D eigenvalue weighted by Gasteiger charge is 2.20. The molecule has 4 nitrogen and oxygen atoms in total. The summed E-state index contributed by atoms with van der Waals surface area (Å²) in [6.07, 6.45) is 4.57. The molecule has 0 radical (unpaired) electrons. The largest absolute Gasteiger partial charge is 0.380 e. The number of fused-ring (bicyclic) bond motifs is 1. The number of hydrogen-bond donors (Lipinski definition) is 2. The second kappa shape index (κ2) is 5.50. The van der Waals surface area contributed by atoms with E-state index >= 15 is 0 Å². The van der Waals surface area contributed by atoms with Gasteiger partial charge in [0.15, 0.2) is 0 Å². The smallest absolute Gasteiger partial charge is 0.0695 e. The monoisotopic (exact) mass is 245 g/mol. The molecule has 0 bridgehead atoms. The van der Waals surface area contributed by atoms with Crippen LogP contribution in [0.15, 0.2) is 24.4 Å². The Hall–Kier alpha value is -1.39. The van der Waals surface area contributed by atoms with Crippen LogP contribution in [0.3, 0.4) is 0 Å². The van der Waals surface area contributed by atoms with Gasteiger partial charge in [-0.3, -0.25) is 5.10 Å². The third kappa shape index (κ3) is 2.89. The van der Waals surface area contributed by atoms with Crippen molar-refractivity contribution in [1.82, 2.24) is 15.5 Å². The van der Waals surface area contributed by atoms with E-state index < -0.39 is 0 Å². The van der Waals surface area contributed by atoms with E-state index in [-0.39, 0.29) is 0 Å². The average molecular weight is 245 g/mol. The Kier molecular flexibility index (Phi) is 3.57. The molecule has 0 atom stereocenters. The fraction of sp³-hybridized carbons (Fsp3) is 0.500. The molecule has 1 aliphatic rings. The van der Waals surface area contributed by atoms with Gasteiger partial charge in [-0.25, -0.2) is 0 Å². The molecule has 0 saturated heterocycles. The highest BCUT2D eigenvalue weighted by molar-refractivity contribution is 5.81. The number of aromatic nitrogens is 2. The van der Waals surface area contributed by atoms with E-state index in [1.165, 1.54) is 23.8 Å². The SMILES string of the molecule is c1cc(CNCCOCC2CC2)c2[nH]ncc2c1. The minimum absolute atomic E-state index is 0.801. The minimum atomic E-state index is 0.801. The Balaban J connectivity index is 1.43. The summed E-state index contributed by atoms with van der Waals surface area (Å²) in [5, 5.41) is 11.7. The molecule has 2 N–H and O–H groups in total. The number of H-pyrrole nitrogens is 1. The van der Waals surface area contributed by atoms with E-state index in [0.29, 0.717) is 0 Å². The standard InChI is InChI=1S/C14H19N3O/c1-2-12(14-13(3-1)9-16-17-14)8-15-6-7-18-10-11-4-5-11/h1-3,9,11,15H,4-8,10H2,(H,16,17). The third-order valence-electron chi connectivity index (χ3n) is 3.35. The molecule has 1 saturated carbocycles. The summed E-state index contributed by atoms with van der Waals surface area (Å²) in [6.45, 7) is 3.50. The number of hydrogen-bond acceptors (Lipinski definition) is 3. The fourth-order valence-electron chi connectivity index (χ4n) is 2.08. The van der Waals surface area contributed by atoms with Gasteiger partial charge in [0.05, 0.1) is 18.3 Å². The molecule has 96 valence electrons. The summed E-state index contributed by atoms with van der Waals surface area (Å²) in [5.74, 6) is 0.851. The van der Waals surface area contributed by atoms with Gasteiger partial charge in [-0.05, 0) is 24.3 Å². The molecule has 1 fully saturated rings. The van der Waals surface area contributed by atoms with Gasteiger partial charge in [0, 0.05) is 25.1 Å². The first-order valence-electron chi connectivity index (χ1n) is 6.63. The number of rotatable bonds is 7. The molecular formula is C14H19N3O. The van der Waals surface area contributed by atoms with Gasteiger partial charge in [-0.2, -0.15) is 5.10 Å². The zero-order valence-corrected chi connectivity index (χ0v) is 10.5. The summed E-state index contributed by atoms with van der Waals surface area (Å²) >= 11 is 0. The number of para-hydroxylation sites is 1. The van der Waals surface area contributed by atoms with Crippen LogP contribution in [0.4, 0.5) is 0 Å². The number of aromatic amines is 1. The van der Waals surface area contributed by atoms with E-state index in [1.807, 2.05) is 6.20 Å². The predicted octanol–water partition coefficient (Wildman–Crippen LogP) is 2.08. The molecule has 1 aromatic carbocycles. The Morgan fingerprint density at radius 1 is 1.39 bits per heavy atom. The molecule has 0 amide bonds. The van der Waals surface area contributed by atoms with Gasteiger partial charge < -0.3 is 10.1 Å². The lowest BCUT2D eigenvalue weighted by molar-refractivity contribution is 0.126. The van der Waals surface area contributed by atoms with Crippen molar-refractivity contribution in [3.63, 3.8) is 0 Å². The maximum absolute atomic E-state index is 5.59. The van der Waals surface area contributed by atoms with Crippen LogP contribution in [0.2, 0.25) is 0 Å². The zero-order chi connectivity index (χ0) is 12.2. The molecule has 1 aromatic heterocycles. The first kappa shape index (κ1) is 11.7. The van der Waals surface area contributed by atoms with Gasteiger partial charge in [0.1, 0.15) is 0 Å². The summed E-state index contributed by atoms with van der Waals surface area (Å²) < 4.78 is 5.59. The van der Waals surface area contributed by atoms with Crippen LogP contribution in [0, 0.1) is 5.92 Å². The van der Waals surface area contributed by atoms with Gasteiger partial charge >= 0.3 is 0 Å². The molecule has 18 heavy (non-hydrogen) atoms. The summed E-state index contributed by atoms with van der Waals surface area (Å²) in [5.41, 5.74) is 2.39. The molecule has 0 spiro atoms. The Bertz CT molecular complexity index is 504. The van der Waals surface area contributed by atoms with Crippen molar-refractivity contribution in [2.45, 2.75) is 19.4 Å². The van der Waals surface area contributed by atoms with Crippen LogP contribution in [-0.2, 0) is 11.3 Å². The van der Waals surface area contributed by atoms with Gasteiger partial charge in [-0.15, -0.1) is 0 Å². The van der Waals surface area contributed by atoms with Crippen LogP contribution in [0.5, 0.6) is 0 Å². The zero-order valence-electron chi connectivity index (χ0n) is 10.5. The lowest BCUT2D eigenvalue weighted by atomic mass is 10.1. The maximum atomic E-state index is 5.59. The summed E-state index contributed by atoms with van der Waals surface area (Å²) in [7, 11) is 0. The highest BCUT2D eigenvalue weighted by Crippen LogP contribution is 2.28. The van der Waals surface area contributed by atoms with Crippen molar-refractivity contribution in [2.75, 3.05) is 19.8 Å². The summed E-state index contributed by atoms with van der Waals surface area (Å²) in [6, 6.07) is 6.26. The lowest BCUT2D eigenvalue weighted by Crippen LogP contribution is -2.19. The van der Waals surface area contributed by atoms with Crippen molar-refractivity contribution in [3.8, 4) is 0 Å². The van der Waals surface area contributed by atoms with Crippen LogP contribution >= 0.6 is 0 Å². The molecule has 1 aliphatic carbocycles. The van der Waals surface area contributed by atoms with Crippen LogP contribution in [0.1, 0.15) is 18.4 Å². The van der Waals surface area contributed by atoms with Gasteiger partial charge in [0.25, 0.3) is 0 Å². The normalized spacial score (nSPS) is 15.3. The van der Waals surface area contributed by atoms with Crippen LogP contribution in [0.25, 0.3) is 10.9 Å². The van der Waals surface area contributed by atoms with Crippen LogP contribution < -0.4 is 5.32 Å². The number of ether oxygens (including phenoxy) is 1. The van der Waals surface area contributed by atoms with Crippen molar-refractivity contribution in [2.24, 2.45) is 5.92 Å². The second-order valence-electron chi connectivity index (χ2n) is 4.95. The first-order valence-corrected chi connectivity index (χ1v) is 6.63. The van der Waals surface area contributed by atoms with Crippen molar-refractivity contribution in [1.29, 1.82) is 0 Å². The average Bonchev–Trinajstić information content (AvgIpc) is 3.08. The quantitative estimate of drug-likeness (QED) is 0.734. The first-order chi connectivity index (χ1) is 8.93. The van der Waals surface area contributed by atoms with Gasteiger partial charge in [0.2, 0.25) is 0 Å². The van der Waals surface area contributed by atoms with Gasteiger partial charge in [-0.1, -0.05) is 18.2 Å². The number of nitrogens with zero attached hydrogens (tertiary/aromatic N) is 1. The molecule has 4 heteroatoms. The predicted molar refractivity (Wildman–Crippen MR) is 71.3 cm³/mol. The molecule has 3 rings (SSSR count). The fourth-order valence-corrected chi connectivity index (χ4v) is 2.08. The Labute approximate surface area is 107 Å². The van der Waals surface area contributed by atoms with E-state index in [2.05, 4.69) is 33.7 Å². The number of nitrogens with one attached hydrogen (secondary N) is 2.